The van der Waals surface area contributed by atoms with E-state index < -0.39 is 15.7 Å². The van der Waals surface area contributed by atoms with Crippen molar-refractivity contribution in [3.05, 3.63) is 94.0 Å². The van der Waals surface area contributed by atoms with E-state index in [4.69, 9.17) is 0 Å². The van der Waals surface area contributed by atoms with Crippen LogP contribution >= 0.6 is 0 Å². The lowest BCUT2D eigenvalue weighted by Gasteiger charge is -2.17. The van der Waals surface area contributed by atoms with Gasteiger partial charge in [0.1, 0.15) is 0 Å². The van der Waals surface area contributed by atoms with Crippen LogP contribution in [0.3, 0.4) is 0 Å². The van der Waals surface area contributed by atoms with Crippen molar-refractivity contribution in [2.45, 2.75) is 13.5 Å². The lowest BCUT2D eigenvalue weighted by molar-refractivity contribution is 0.0946. The number of aryl methyl sites for hydroxylation is 1. The third-order valence-corrected chi connectivity index (χ3v) is 6.55. The van der Waals surface area contributed by atoms with Gasteiger partial charge in [0.2, 0.25) is 0 Å². The number of aromatic nitrogens is 2. The monoisotopic (exact) mass is 520 g/mol. The van der Waals surface area contributed by atoms with E-state index in [2.05, 4.69) is 15.6 Å². The van der Waals surface area contributed by atoms with Gasteiger partial charge in [-0.3, -0.25) is 9.59 Å². The van der Waals surface area contributed by atoms with Gasteiger partial charge >= 0.3 is 0 Å². The van der Waals surface area contributed by atoms with Crippen molar-refractivity contribution in [3.63, 3.8) is 0 Å². The molecule has 0 bridgehead atoms. The molecule has 0 atom stereocenters. The molecule has 9 nitrogen and oxygen atoms in total. The molecule has 192 valence electrons. The summed E-state index contributed by atoms with van der Waals surface area (Å²) in [6.07, 6.45) is 1.11. The van der Waals surface area contributed by atoms with Crippen molar-refractivity contribution < 1.29 is 18.3 Å². The third kappa shape index (κ3) is 6.04. The van der Waals surface area contributed by atoms with E-state index in [1.165, 1.54) is 0 Å². The lowest BCUT2D eigenvalue weighted by atomic mass is 10.0. The van der Waals surface area contributed by atoms with Gasteiger partial charge < -0.3 is 20.3 Å². The third-order valence-electron chi connectivity index (χ3n) is 5.83. The molecule has 0 aliphatic carbocycles. The molecule has 0 radical (unpaired) electrons. The van der Waals surface area contributed by atoms with Gasteiger partial charge in [-0.1, -0.05) is 60.7 Å². The number of sulfone groups is 1. The standard InChI is InChI=1S/C27H28N4O5S/c1-18-24-22(25(32)23(30-18)26(33)29-14-13-28-17-37(2,35)36)15-21(20-11-7-4-8-12-20)27(34)31(24)16-19-9-5-3-6-10-19/h3-12,15,28,32H,13-14,16-17H2,1-2H3,(H,29,33). The van der Waals surface area contributed by atoms with E-state index in [1.807, 2.05) is 60.7 Å². The minimum Gasteiger partial charge on any atom is -0.505 e. The van der Waals surface area contributed by atoms with Crippen LogP contribution in [0.4, 0.5) is 0 Å². The van der Waals surface area contributed by atoms with E-state index in [1.54, 1.807) is 17.6 Å². The quantitative estimate of drug-likeness (QED) is 0.289. The number of fused-ring (bicyclic) bond motifs is 1. The second-order valence-corrected chi connectivity index (χ2v) is 10.9. The molecule has 1 amide bonds. The Morgan fingerprint density at radius 1 is 1.03 bits per heavy atom. The van der Waals surface area contributed by atoms with Gasteiger partial charge in [-0.15, -0.1) is 0 Å². The number of pyridine rings is 2. The van der Waals surface area contributed by atoms with E-state index in [0.29, 0.717) is 27.7 Å². The topological polar surface area (TPSA) is 130 Å². The van der Waals surface area contributed by atoms with Crippen LogP contribution in [0.15, 0.2) is 71.5 Å². The number of benzene rings is 2. The van der Waals surface area contributed by atoms with Crippen molar-refractivity contribution in [2.24, 2.45) is 0 Å². The maximum Gasteiger partial charge on any atom is 0.273 e. The van der Waals surface area contributed by atoms with Crippen LogP contribution in [-0.4, -0.2) is 54.2 Å². The molecule has 4 aromatic rings. The van der Waals surface area contributed by atoms with E-state index in [0.717, 1.165) is 11.8 Å². The Morgan fingerprint density at radius 2 is 1.68 bits per heavy atom. The van der Waals surface area contributed by atoms with Crippen LogP contribution in [-0.2, 0) is 16.4 Å². The number of rotatable bonds is 9. The fourth-order valence-corrected chi connectivity index (χ4v) is 4.66. The van der Waals surface area contributed by atoms with E-state index in [9.17, 15) is 23.1 Å². The summed E-state index contributed by atoms with van der Waals surface area (Å²) in [7, 11) is -3.18. The van der Waals surface area contributed by atoms with Crippen LogP contribution in [0, 0.1) is 6.92 Å². The van der Waals surface area contributed by atoms with Crippen molar-refractivity contribution in [2.75, 3.05) is 25.2 Å². The minimum atomic E-state index is -3.18. The number of nitrogens with zero attached hydrogens (tertiary/aromatic N) is 2. The molecule has 0 saturated heterocycles. The smallest absolute Gasteiger partial charge is 0.273 e. The fraction of sp³-hybridized carbons (Fsp3) is 0.222. The average Bonchev–Trinajstić information content (AvgIpc) is 2.87. The molecular formula is C27H28N4O5S. The van der Waals surface area contributed by atoms with Gasteiger partial charge in [0.15, 0.2) is 21.3 Å². The van der Waals surface area contributed by atoms with Crippen LogP contribution in [0.25, 0.3) is 22.0 Å². The number of hydrogen-bond acceptors (Lipinski definition) is 7. The van der Waals surface area contributed by atoms with Crippen LogP contribution in [0.1, 0.15) is 21.7 Å². The first-order valence-corrected chi connectivity index (χ1v) is 13.7. The summed E-state index contributed by atoms with van der Waals surface area (Å²) in [6.45, 7) is 2.31. The predicted octanol–water partition coefficient (Wildman–Crippen LogP) is 2.45. The number of aromatic hydroxyl groups is 1. The molecule has 4 rings (SSSR count). The first kappa shape index (κ1) is 26.1. The molecule has 2 aromatic heterocycles. The highest BCUT2D eigenvalue weighted by atomic mass is 32.2. The molecule has 37 heavy (non-hydrogen) atoms. The van der Waals surface area contributed by atoms with Crippen molar-refractivity contribution in [1.29, 1.82) is 0 Å². The van der Waals surface area contributed by atoms with Gasteiger partial charge in [0, 0.05) is 30.3 Å². The van der Waals surface area contributed by atoms with Crippen molar-refractivity contribution >= 4 is 26.6 Å². The Hall–Kier alpha value is -4.02. The largest absolute Gasteiger partial charge is 0.505 e. The maximum absolute atomic E-state index is 13.7. The molecule has 2 aromatic carbocycles. The van der Waals surface area contributed by atoms with Gasteiger partial charge in [-0.2, -0.15) is 0 Å². The van der Waals surface area contributed by atoms with Gasteiger partial charge in [0.25, 0.3) is 11.5 Å². The Kier molecular flexibility index (Phi) is 7.70. The molecule has 0 saturated carbocycles. The second-order valence-electron chi connectivity index (χ2n) is 8.78. The van der Waals surface area contributed by atoms with Gasteiger partial charge in [-0.05, 0) is 24.1 Å². The van der Waals surface area contributed by atoms with Gasteiger partial charge in [-0.25, -0.2) is 13.4 Å². The number of nitrogens with one attached hydrogen (secondary N) is 2. The molecule has 2 heterocycles. The summed E-state index contributed by atoms with van der Waals surface area (Å²) in [5.74, 6) is -1.14. The summed E-state index contributed by atoms with van der Waals surface area (Å²) >= 11 is 0. The van der Waals surface area contributed by atoms with Gasteiger partial charge in [0.05, 0.1) is 23.6 Å². The number of amides is 1. The number of carbonyl (C=O) groups excluding carboxylic acids is 1. The van der Waals surface area contributed by atoms with Crippen molar-refractivity contribution in [3.8, 4) is 16.9 Å². The highest BCUT2D eigenvalue weighted by Crippen LogP contribution is 2.32. The second kappa shape index (κ2) is 10.9. The Bertz CT molecular complexity index is 1600. The summed E-state index contributed by atoms with van der Waals surface area (Å²) < 4.78 is 24.0. The number of hydrogen-bond donors (Lipinski definition) is 3. The van der Waals surface area contributed by atoms with Crippen LogP contribution < -0.4 is 16.2 Å². The zero-order valence-corrected chi connectivity index (χ0v) is 21.4. The SMILES string of the molecule is Cc1nc(C(=O)NCCNCS(C)(=O)=O)c(O)c2cc(-c3ccccc3)c(=O)n(Cc3ccccc3)c12. The summed E-state index contributed by atoms with van der Waals surface area (Å²) in [4.78, 5) is 30.9. The normalized spacial score (nSPS) is 11.5. The fourth-order valence-electron chi connectivity index (χ4n) is 4.14. The molecule has 10 heteroatoms. The number of carbonyl (C=O) groups is 1. The Morgan fingerprint density at radius 3 is 2.32 bits per heavy atom. The highest BCUT2D eigenvalue weighted by Gasteiger charge is 2.22. The first-order valence-electron chi connectivity index (χ1n) is 11.7. The van der Waals surface area contributed by atoms with E-state index in [-0.39, 0.29) is 42.5 Å². The molecule has 0 fully saturated rings. The predicted molar refractivity (Wildman–Crippen MR) is 143 cm³/mol. The molecule has 0 aliphatic heterocycles. The average molecular weight is 521 g/mol. The summed E-state index contributed by atoms with van der Waals surface area (Å²) in [5.41, 5.74) is 2.43. The Labute approximate surface area is 214 Å². The minimum absolute atomic E-state index is 0.134. The zero-order chi connectivity index (χ0) is 26.6. The zero-order valence-electron chi connectivity index (χ0n) is 20.6. The molecule has 0 aliphatic rings. The molecule has 3 N–H and O–H groups in total. The summed E-state index contributed by atoms with van der Waals surface area (Å²) in [6, 6.07) is 20.2. The van der Waals surface area contributed by atoms with Crippen LogP contribution in [0.5, 0.6) is 5.75 Å². The highest BCUT2D eigenvalue weighted by molar-refractivity contribution is 7.90. The summed E-state index contributed by atoms with van der Waals surface area (Å²) in [5, 5.41) is 16.9. The lowest BCUT2D eigenvalue weighted by Crippen LogP contribution is -2.34. The van der Waals surface area contributed by atoms with Crippen molar-refractivity contribution in [1.82, 2.24) is 20.2 Å². The van der Waals surface area contributed by atoms with Crippen LogP contribution in [0.2, 0.25) is 0 Å². The molecule has 0 unspecified atom stereocenters. The maximum atomic E-state index is 13.7. The molecule has 0 spiro atoms. The molecular weight excluding hydrogens is 492 g/mol. The Balaban J connectivity index is 1.78. The first-order chi connectivity index (χ1) is 17.7. The van der Waals surface area contributed by atoms with E-state index >= 15 is 0 Å².